The number of rotatable bonds is 0. The average Bonchev–Trinajstić information content (AvgIpc) is 3.79. The third kappa shape index (κ3) is 2.10. The summed E-state index contributed by atoms with van der Waals surface area (Å²) in [5.74, 6) is 1.74. The van der Waals surface area contributed by atoms with Crippen LogP contribution in [0.5, 0.6) is 0 Å². The van der Waals surface area contributed by atoms with Crippen molar-refractivity contribution in [2.24, 2.45) is 0 Å². The van der Waals surface area contributed by atoms with Crippen molar-refractivity contribution in [2.45, 2.75) is 19.3 Å². The van der Waals surface area contributed by atoms with E-state index in [2.05, 4.69) is 106 Å². The Kier molecular flexibility index (Phi) is 3.17. The highest BCUT2D eigenvalue weighted by molar-refractivity contribution is 6.15. The Hall–Kier alpha value is -5.36. The van der Waals surface area contributed by atoms with Crippen LogP contribution < -0.4 is 0 Å². The molecule has 5 aromatic heterocycles. The Bertz CT molecular complexity index is 2780. The molecule has 0 fully saturated rings. The van der Waals surface area contributed by atoms with Gasteiger partial charge >= 0.3 is 0 Å². The van der Waals surface area contributed by atoms with Gasteiger partial charge in [0.1, 0.15) is 16.6 Å². The van der Waals surface area contributed by atoms with Gasteiger partial charge in [-0.15, -0.1) is 0 Å². The maximum Gasteiger partial charge on any atom is 0.223 e. The molecular formula is C35H21N5O. The van der Waals surface area contributed by atoms with Crippen molar-refractivity contribution in [2.75, 3.05) is 0 Å². The van der Waals surface area contributed by atoms with Crippen molar-refractivity contribution < 1.29 is 4.42 Å². The lowest BCUT2D eigenvalue weighted by atomic mass is 9.82. The fraction of sp³-hybridized carbons (Fsp3) is 0.0857. The van der Waals surface area contributed by atoms with Gasteiger partial charge in [-0.05, 0) is 58.7 Å². The Labute approximate surface area is 232 Å². The molecular weight excluding hydrogens is 506 g/mol. The molecule has 0 amide bonds. The second kappa shape index (κ2) is 6.34. The molecule has 11 rings (SSSR count). The van der Waals surface area contributed by atoms with E-state index < -0.39 is 0 Å². The minimum absolute atomic E-state index is 0.141. The molecule has 192 valence electrons. The van der Waals surface area contributed by atoms with Crippen LogP contribution in [0.25, 0.3) is 83.2 Å². The summed E-state index contributed by atoms with van der Waals surface area (Å²) in [5, 5.41) is 2.23. The molecule has 0 aliphatic heterocycles. The van der Waals surface area contributed by atoms with Crippen molar-refractivity contribution in [3.8, 4) is 11.1 Å². The first-order valence-corrected chi connectivity index (χ1v) is 14.0. The maximum absolute atomic E-state index is 6.47. The van der Waals surface area contributed by atoms with Crippen LogP contribution in [0.15, 0.2) is 95.4 Å². The molecule has 1 aliphatic carbocycles. The van der Waals surface area contributed by atoms with E-state index in [1.165, 1.54) is 27.8 Å². The molecule has 0 bridgehead atoms. The smallest absolute Gasteiger partial charge is 0.223 e. The monoisotopic (exact) mass is 527 g/mol. The third-order valence-electron chi connectivity index (χ3n) is 9.56. The van der Waals surface area contributed by atoms with Gasteiger partial charge in [0.2, 0.25) is 11.6 Å². The first kappa shape index (κ1) is 20.5. The summed E-state index contributed by atoms with van der Waals surface area (Å²) in [6, 6.07) is 32.3. The topological polar surface area (TPSA) is 52.2 Å². The molecule has 0 saturated carbocycles. The molecule has 5 heterocycles. The van der Waals surface area contributed by atoms with Gasteiger partial charge in [-0.3, -0.25) is 8.80 Å². The van der Waals surface area contributed by atoms with Crippen LogP contribution in [0.2, 0.25) is 0 Å². The lowest BCUT2D eigenvalue weighted by Gasteiger charge is -2.22. The minimum Gasteiger partial charge on any atom is -0.454 e. The zero-order chi connectivity index (χ0) is 26.8. The Morgan fingerprint density at radius 3 is 2.15 bits per heavy atom. The molecule has 1 aliphatic rings. The molecule has 0 saturated heterocycles. The zero-order valence-corrected chi connectivity index (χ0v) is 22.3. The van der Waals surface area contributed by atoms with Crippen molar-refractivity contribution in [1.82, 2.24) is 23.2 Å². The number of nitrogens with zero attached hydrogens (tertiary/aromatic N) is 5. The van der Waals surface area contributed by atoms with E-state index in [0.717, 1.165) is 66.6 Å². The zero-order valence-electron chi connectivity index (χ0n) is 22.3. The summed E-state index contributed by atoms with van der Waals surface area (Å²) < 4.78 is 13.3. The third-order valence-corrected chi connectivity index (χ3v) is 9.56. The summed E-state index contributed by atoms with van der Waals surface area (Å²) in [5.41, 5.74) is 14.4. The highest BCUT2D eigenvalue weighted by Gasteiger charge is 2.38. The van der Waals surface area contributed by atoms with E-state index in [4.69, 9.17) is 14.4 Å². The molecule has 0 unspecified atom stereocenters. The number of para-hydroxylation sites is 2. The molecule has 6 nitrogen and oxygen atoms in total. The predicted molar refractivity (Wildman–Crippen MR) is 163 cm³/mol. The van der Waals surface area contributed by atoms with Crippen LogP contribution in [0.4, 0.5) is 0 Å². The number of imidazole rings is 4. The van der Waals surface area contributed by atoms with E-state index in [1.54, 1.807) is 0 Å². The molecule has 10 aromatic rings. The van der Waals surface area contributed by atoms with Gasteiger partial charge in [0.25, 0.3) is 0 Å². The van der Waals surface area contributed by atoms with Crippen molar-refractivity contribution in [3.05, 3.63) is 102 Å². The predicted octanol–water partition coefficient (Wildman–Crippen LogP) is 8.34. The molecule has 0 atom stereocenters. The molecule has 6 heteroatoms. The van der Waals surface area contributed by atoms with Crippen LogP contribution in [-0.4, -0.2) is 23.2 Å². The maximum atomic E-state index is 6.47. The van der Waals surface area contributed by atoms with Crippen LogP contribution in [-0.2, 0) is 5.41 Å². The summed E-state index contributed by atoms with van der Waals surface area (Å²) in [4.78, 5) is 10.5. The average molecular weight is 528 g/mol. The number of hydrogen-bond acceptors (Lipinski definition) is 3. The summed E-state index contributed by atoms with van der Waals surface area (Å²) >= 11 is 0. The van der Waals surface area contributed by atoms with E-state index in [1.807, 2.05) is 12.1 Å². The fourth-order valence-electron chi connectivity index (χ4n) is 7.89. The number of hydrogen-bond donors (Lipinski definition) is 0. The van der Waals surface area contributed by atoms with Crippen LogP contribution in [0.1, 0.15) is 25.0 Å². The van der Waals surface area contributed by atoms with Gasteiger partial charge in [-0.2, -0.15) is 0 Å². The molecule has 0 N–H and O–H groups in total. The Balaban J connectivity index is 1.36. The lowest BCUT2D eigenvalue weighted by molar-refractivity contribution is 0.664. The van der Waals surface area contributed by atoms with Gasteiger partial charge in [0.05, 0.1) is 27.6 Å². The minimum atomic E-state index is -0.141. The van der Waals surface area contributed by atoms with Gasteiger partial charge in [-0.25, -0.2) is 14.4 Å². The van der Waals surface area contributed by atoms with E-state index in [0.29, 0.717) is 0 Å². The van der Waals surface area contributed by atoms with Crippen LogP contribution in [0.3, 0.4) is 0 Å². The summed E-state index contributed by atoms with van der Waals surface area (Å²) in [7, 11) is 0. The Morgan fingerprint density at radius 2 is 1.29 bits per heavy atom. The largest absolute Gasteiger partial charge is 0.454 e. The molecule has 41 heavy (non-hydrogen) atoms. The van der Waals surface area contributed by atoms with E-state index >= 15 is 0 Å². The highest BCUT2D eigenvalue weighted by atomic mass is 16.3. The first-order valence-electron chi connectivity index (χ1n) is 14.0. The first-order chi connectivity index (χ1) is 20.1. The second-order valence-corrected chi connectivity index (χ2v) is 11.9. The fourth-order valence-corrected chi connectivity index (χ4v) is 7.89. The number of benzene rings is 5. The molecule has 0 radical (unpaired) electrons. The van der Waals surface area contributed by atoms with Crippen molar-refractivity contribution >= 4 is 72.1 Å². The molecule has 5 aromatic carbocycles. The molecule has 0 spiro atoms. The van der Waals surface area contributed by atoms with Crippen LogP contribution in [0, 0.1) is 0 Å². The van der Waals surface area contributed by atoms with Gasteiger partial charge in [-0.1, -0.05) is 68.4 Å². The number of fused-ring (bicyclic) bond motifs is 18. The van der Waals surface area contributed by atoms with Gasteiger partial charge in [0, 0.05) is 16.2 Å². The number of furan rings is 1. The summed E-state index contributed by atoms with van der Waals surface area (Å²) in [6.07, 6.45) is 0. The normalized spacial score (nSPS) is 14.8. The summed E-state index contributed by atoms with van der Waals surface area (Å²) in [6.45, 7) is 4.68. The van der Waals surface area contributed by atoms with Gasteiger partial charge < -0.3 is 4.42 Å². The van der Waals surface area contributed by atoms with Gasteiger partial charge in [0.15, 0.2) is 5.58 Å². The van der Waals surface area contributed by atoms with Crippen molar-refractivity contribution in [3.63, 3.8) is 0 Å². The SMILES string of the molecule is CC1(C)c2ccccc2-c2ccc3nc4n(c5cccc6c5n4c4nc5ccc7c8ccccc8oc7c5n64)c3c21. The second-order valence-electron chi connectivity index (χ2n) is 11.9. The number of aromatic nitrogens is 5. The lowest BCUT2D eigenvalue weighted by Crippen LogP contribution is -2.16. The Morgan fingerprint density at radius 1 is 0.585 bits per heavy atom. The van der Waals surface area contributed by atoms with E-state index in [-0.39, 0.29) is 5.41 Å². The standard InChI is InChI=1S/C35H21N5O/c1-35(2)22-10-5-3-8-18(22)20-14-16-23-29(28(20)35)38-25-11-7-12-26-31(25)40(33(38)36-23)34-37-24-17-15-21-19-9-4-6-13-27(19)41-32(21)30(24)39(26)34/h3-17H,1-2H3. The van der Waals surface area contributed by atoms with Crippen molar-refractivity contribution in [1.29, 1.82) is 0 Å². The highest BCUT2D eigenvalue weighted by Crippen LogP contribution is 2.52. The van der Waals surface area contributed by atoms with E-state index in [9.17, 15) is 0 Å². The quantitative estimate of drug-likeness (QED) is 0.199. The van der Waals surface area contributed by atoms with Crippen LogP contribution >= 0.6 is 0 Å².